The largest absolute Gasteiger partial charge is 0.493 e. The minimum Gasteiger partial charge on any atom is -0.493 e. The van der Waals surface area contributed by atoms with Crippen molar-refractivity contribution in [2.24, 2.45) is 0 Å². The van der Waals surface area contributed by atoms with Crippen LogP contribution in [-0.4, -0.2) is 29.8 Å². The number of aryl methyl sites for hydroxylation is 1. The number of rotatable bonds is 8. The number of aromatic nitrogens is 2. The average molecular weight is 395 g/mol. The van der Waals surface area contributed by atoms with Crippen molar-refractivity contribution >= 4 is 22.9 Å². The van der Waals surface area contributed by atoms with Gasteiger partial charge in [0.1, 0.15) is 0 Å². The third kappa shape index (κ3) is 5.00. The quantitative estimate of drug-likeness (QED) is 0.621. The van der Waals surface area contributed by atoms with Gasteiger partial charge in [-0.15, -0.1) is 11.3 Å². The van der Waals surface area contributed by atoms with Gasteiger partial charge in [-0.1, -0.05) is 11.2 Å². The van der Waals surface area contributed by atoms with Crippen LogP contribution in [0.15, 0.2) is 40.2 Å². The fraction of sp³-hybridized carbons (Fsp3) is 0.235. The lowest BCUT2D eigenvalue weighted by atomic mass is 10.2. The molecule has 0 fully saturated rings. The van der Waals surface area contributed by atoms with Gasteiger partial charge >= 0.3 is 6.61 Å². The van der Waals surface area contributed by atoms with Gasteiger partial charge in [-0.25, -0.2) is 0 Å². The predicted octanol–water partition coefficient (Wildman–Crippen LogP) is 3.98. The summed E-state index contributed by atoms with van der Waals surface area (Å²) in [7, 11) is 1.33. The molecule has 0 bridgehead atoms. The van der Waals surface area contributed by atoms with Gasteiger partial charge in [0, 0.05) is 24.6 Å². The van der Waals surface area contributed by atoms with Crippen LogP contribution >= 0.6 is 11.3 Å². The lowest BCUT2D eigenvalue weighted by Gasteiger charge is -2.12. The summed E-state index contributed by atoms with van der Waals surface area (Å²) < 4.78 is 39.4. The van der Waals surface area contributed by atoms with Gasteiger partial charge < -0.3 is 19.3 Å². The topological polar surface area (TPSA) is 86.5 Å². The molecule has 1 amide bonds. The van der Waals surface area contributed by atoms with Crippen molar-refractivity contribution in [3.05, 3.63) is 41.6 Å². The lowest BCUT2D eigenvalue weighted by molar-refractivity contribution is -0.116. The lowest BCUT2D eigenvalue weighted by Crippen LogP contribution is -2.13. The summed E-state index contributed by atoms with van der Waals surface area (Å²) in [5.74, 6) is 0.455. The van der Waals surface area contributed by atoms with E-state index in [0.29, 0.717) is 17.4 Å². The zero-order valence-electron chi connectivity index (χ0n) is 14.1. The van der Waals surface area contributed by atoms with E-state index in [9.17, 15) is 13.6 Å². The summed E-state index contributed by atoms with van der Waals surface area (Å²) in [6, 6.07) is 7.97. The first-order valence-corrected chi connectivity index (χ1v) is 8.72. The highest BCUT2D eigenvalue weighted by atomic mass is 32.1. The van der Waals surface area contributed by atoms with Crippen LogP contribution in [-0.2, 0) is 11.2 Å². The third-order valence-electron chi connectivity index (χ3n) is 3.44. The van der Waals surface area contributed by atoms with E-state index in [4.69, 9.17) is 9.26 Å². The number of halogens is 2. The molecule has 3 rings (SSSR count). The maximum Gasteiger partial charge on any atom is 0.387 e. The molecule has 2 aromatic heterocycles. The Labute approximate surface area is 156 Å². The van der Waals surface area contributed by atoms with Gasteiger partial charge in [0.25, 0.3) is 0 Å². The van der Waals surface area contributed by atoms with Crippen molar-refractivity contribution in [2.45, 2.75) is 19.5 Å². The Morgan fingerprint density at radius 1 is 1.33 bits per heavy atom. The summed E-state index contributed by atoms with van der Waals surface area (Å²) in [6.45, 7) is -3.00. The maximum atomic E-state index is 12.5. The number of anilines is 1. The Balaban J connectivity index is 1.58. The second-order valence-corrected chi connectivity index (χ2v) is 6.23. The van der Waals surface area contributed by atoms with E-state index >= 15 is 0 Å². The first kappa shape index (κ1) is 18.8. The van der Waals surface area contributed by atoms with Crippen molar-refractivity contribution < 1.29 is 27.6 Å². The fourth-order valence-corrected chi connectivity index (χ4v) is 2.90. The molecule has 10 heteroatoms. The first-order chi connectivity index (χ1) is 13.0. The van der Waals surface area contributed by atoms with E-state index in [0.717, 1.165) is 4.88 Å². The number of benzene rings is 1. The van der Waals surface area contributed by atoms with Crippen molar-refractivity contribution in [3.8, 4) is 22.2 Å². The molecule has 0 aliphatic rings. The van der Waals surface area contributed by atoms with Crippen LogP contribution in [0.3, 0.4) is 0 Å². The van der Waals surface area contributed by atoms with E-state index in [1.807, 2.05) is 17.5 Å². The third-order valence-corrected chi connectivity index (χ3v) is 4.30. The molecule has 142 valence electrons. The second-order valence-electron chi connectivity index (χ2n) is 5.28. The Kier molecular flexibility index (Phi) is 5.97. The highest BCUT2D eigenvalue weighted by Gasteiger charge is 2.14. The van der Waals surface area contributed by atoms with Gasteiger partial charge in [0.05, 0.1) is 12.0 Å². The number of amides is 1. The van der Waals surface area contributed by atoms with Crippen molar-refractivity contribution in [2.75, 3.05) is 12.4 Å². The summed E-state index contributed by atoms with van der Waals surface area (Å²) in [4.78, 5) is 17.2. The molecule has 27 heavy (non-hydrogen) atoms. The van der Waals surface area contributed by atoms with Gasteiger partial charge in [-0.05, 0) is 23.6 Å². The molecular formula is C17H15F2N3O4S. The number of carbonyl (C=O) groups excluding carboxylic acids is 1. The Morgan fingerprint density at radius 3 is 2.89 bits per heavy atom. The molecule has 0 radical (unpaired) electrons. The van der Waals surface area contributed by atoms with Crippen LogP contribution in [0.1, 0.15) is 12.3 Å². The molecule has 0 saturated carbocycles. The van der Waals surface area contributed by atoms with Gasteiger partial charge in [-0.3, -0.25) is 4.79 Å². The maximum absolute atomic E-state index is 12.5. The number of methoxy groups -OCH3 is 1. The van der Waals surface area contributed by atoms with E-state index < -0.39 is 6.61 Å². The molecule has 0 atom stereocenters. The predicted molar refractivity (Wildman–Crippen MR) is 94.2 cm³/mol. The molecule has 1 aromatic carbocycles. The SMILES string of the molecule is COc1ccc(NC(=O)CCc2nc(-c3cccs3)no2)cc1OC(F)F. The van der Waals surface area contributed by atoms with Crippen LogP contribution < -0.4 is 14.8 Å². The molecule has 0 aliphatic carbocycles. The van der Waals surface area contributed by atoms with E-state index in [-0.39, 0.29) is 30.2 Å². The van der Waals surface area contributed by atoms with Crippen LogP contribution in [0.4, 0.5) is 14.5 Å². The van der Waals surface area contributed by atoms with Crippen LogP contribution in [0.25, 0.3) is 10.7 Å². The van der Waals surface area contributed by atoms with Gasteiger partial charge in [0.2, 0.25) is 17.6 Å². The molecule has 7 nitrogen and oxygen atoms in total. The van der Waals surface area contributed by atoms with E-state index in [2.05, 4.69) is 20.2 Å². The number of ether oxygens (including phenoxy) is 2. The molecule has 0 unspecified atom stereocenters. The zero-order valence-corrected chi connectivity index (χ0v) is 15.0. The van der Waals surface area contributed by atoms with Gasteiger partial charge in [-0.2, -0.15) is 13.8 Å². The van der Waals surface area contributed by atoms with Crippen LogP contribution in [0.5, 0.6) is 11.5 Å². The Bertz CT molecular complexity index is 899. The highest BCUT2D eigenvalue weighted by Crippen LogP contribution is 2.31. The van der Waals surface area contributed by atoms with Crippen LogP contribution in [0.2, 0.25) is 0 Å². The Morgan fingerprint density at radius 2 is 2.19 bits per heavy atom. The molecule has 0 aliphatic heterocycles. The molecule has 0 saturated heterocycles. The standard InChI is InChI=1S/C17H15F2N3O4S/c1-24-11-5-4-10(9-12(11)25-17(18)19)20-14(23)6-7-15-21-16(22-26-15)13-3-2-8-27-13/h2-5,8-9,17H,6-7H2,1H3,(H,20,23). The fourth-order valence-electron chi connectivity index (χ4n) is 2.25. The van der Waals surface area contributed by atoms with Crippen molar-refractivity contribution in [3.63, 3.8) is 0 Å². The molecule has 3 aromatic rings. The summed E-state index contributed by atoms with van der Waals surface area (Å²) in [6.07, 6.45) is 0.337. The van der Waals surface area contributed by atoms with Crippen molar-refractivity contribution in [1.82, 2.24) is 10.1 Å². The number of thiophene rings is 1. The number of hydrogen-bond acceptors (Lipinski definition) is 7. The van der Waals surface area contributed by atoms with Crippen molar-refractivity contribution in [1.29, 1.82) is 0 Å². The number of nitrogens with one attached hydrogen (secondary N) is 1. The summed E-state index contributed by atoms with van der Waals surface area (Å²) in [5, 5.41) is 8.38. The minimum atomic E-state index is -3.00. The van der Waals surface area contributed by atoms with E-state index in [1.54, 1.807) is 0 Å². The normalized spacial score (nSPS) is 10.8. The summed E-state index contributed by atoms with van der Waals surface area (Å²) >= 11 is 1.48. The molecule has 1 N–H and O–H groups in total. The number of nitrogens with zero attached hydrogens (tertiary/aromatic N) is 2. The highest BCUT2D eigenvalue weighted by molar-refractivity contribution is 7.13. The molecule has 2 heterocycles. The molecule has 0 spiro atoms. The molecular weight excluding hydrogens is 380 g/mol. The number of alkyl halides is 2. The summed E-state index contributed by atoms with van der Waals surface area (Å²) in [5.41, 5.74) is 0.307. The minimum absolute atomic E-state index is 0.0864. The number of carbonyl (C=O) groups is 1. The zero-order chi connectivity index (χ0) is 19.2. The van der Waals surface area contributed by atoms with Gasteiger partial charge in [0.15, 0.2) is 11.5 Å². The van der Waals surface area contributed by atoms with Crippen LogP contribution in [0, 0.1) is 0 Å². The monoisotopic (exact) mass is 395 g/mol. The average Bonchev–Trinajstić information content (AvgIpc) is 3.31. The smallest absolute Gasteiger partial charge is 0.387 e. The number of hydrogen-bond donors (Lipinski definition) is 1. The van der Waals surface area contributed by atoms with E-state index in [1.165, 1.54) is 36.6 Å². The Hall–Kier alpha value is -3.01. The second kappa shape index (κ2) is 8.58. The first-order valence-electron chi connectivity index (χ1n) is 7.84.